The van der Waals surface area contributed by atoms with Crippen LogP contribution < -0.4 is 10.6 Å². The number of hydrogen-bond acceptors (Lipinski definition) is 4. The molecule has 0 aromatic heterocycles. The van der Waals surface area contributed by atoms with Crippen molar-refractivity contribution < 1.29 is 14.2 Å². The van der Waals surface area contributed by atoms with Gasteiger partial charge in [-0.1, -0.05) is 17.7 Å². The SMILES string of the molecule is CCNC(=NCc1ccc(F)c(Cl)c1)NCC(C)(O)CN1CCOCC1.I. The summed E-state index contributed by atoms with van der Waals surface area (Å²) in [7, 11) is 0. The number of guanidine groups is 1. The second-order valence-corrected chi connectivity index (χ2v) is 7.09. The highest BCUT2D eigenvalue weighted by molar-refractivity contribution is 14.0. The molecular weight excluding hydrogens is 486 g/mol. The third kappa shape index (κ3) is 8.91. The summed E-state index contributed by atoms with van der Waals surface area (Å²) in [6, 6.07) is 4.56. The largest absolute Gasteiger partial charge is 0.387 e. The van der Waals surface area contributed by atoms with E-state index in [0.717, 1.165) is 18.7 Å². The maximum absolute atomic E-state index is 13.2. The highest BCUT2D eigenvalue weighted by Gasteiger charge is 2.25. The lowest BCUT2D eigenvalue weighted by molar-refractivity contribution is -0.0201. The number of nitrogens with one attached hydrogen (secondary N) is 2. The Morgan fingerprint density at radius 2 is 2.07 bits per heavy atom. The van der Waals surface area contributed by atoms with Crippen LogP contribution in [0.1, 0.15) is 19.4 Å². The van der Waals surface area contributed by atoms with E-state index in [9.17, 15) is 9.50 Å². The minimum absolute atomic E-state index is 0. The summed E-state index contributed by atoms with van der Waals surface area (Å²) in [5.41, 5.74) is -0.0825. The first-order valence-corrected chi connectivity index (χ1v) is 9.26. The van der Waals surface area contributed by atoms with Crippen LogP contribution in [-0.2, 0) is 11.3 Å². The van der Waals surface area contributed by atoms with Gasteiger partial charge in [-0.25, -0.2) is 9.38 Å². The van der Waals surface area contributed by atoms with Crippen LogP contribution in [0.25, 0.3) is 0 Å². The first-order chi connectivity index (χ1) is 12.4. The molecule has 1 saturated heterocycles. The van der Waals surface area contributed by atoms with E-state index in [1.807, 2.05) is 6.92 Å². The fraction of sp³-hybridized carbons (Fsp3) is 0.611. The van der Waals surface area contributed by atoms with Gasteiger partial charge >= 0.3 is 0 Å². The summed E-state index contributed by atoms with van der Waals surface area (Å²) in [6.07, 6.45) is 0. The summed E-state index contributed by atoms with van der Waals surface area (Å²) < 4.78 is 18.6. The Labute approximate surface area is 182 Å². The molecular formula is C18H29ClFIN4O2. The molecule has 9 heteroatoms. The van der Waals surface area contributed by atoms with Crippen molar-refractivity contribution in [2.45, 2.75) is 26.0 Å². The van der Waals surface area contributed by atoms with Gasteiger partial charge in [0.05, 0.1) is 30.4 Å². The number of β-amino-alcohol motifs (C(OH)–C–C–N with tert-alkyl or cyclic N) is 1. The molecule has 0 bridgehead atoms. The van der Waals surface area contributed by atoms with E-state index in [0.29, 0.717) is 45.4 Å². The Kier molecular flexibility index (Phi) is 10.8. The summed E-state index contributed by atoms with van der Waals surface area (Å²) in [4.78, 5) is 6.66. The molecule has 154 valence electrons. The maximum atomic E-state index is 13.2. The van der Waals surface area contributed by atoms with Crippen LogP contribution in [0.2, 0.25) is 5.02 Å². The molecule has 1 aliphatic heterocycles. The van der Waals surface area contributed by atoms with Gasteiger partial charge in [-0.3, -0.25) is 4.90 Å². The van der Waals surface area contributed by atoms with Crippen molar-refractivity contribution in [1.82, 2.24) is 15.5 Å². The van der Waals surface area contributed by atoms with Crippen LogP contribution in [0.15, 0.2) is 23.2 Å². The van der Waals surface area contributed by atoms with E-state index in [1.54, 1.807) is 19.1 Å². The average molecular weight is 515 g/mol. The number of aliphatic hydroxyl groups is 1. The van der Waals surface area contributed by atoms with Gasteiger partial charge < -0.3 is 20.5 Å². The normalized spacial score (nSPS) is 17.7. The summed E-state index contributed by atoms with van der Waals surface area (Å²) >= 11 is 5.80. The van der Waals surface area contributed by atoms with E-state index in [-0.39, 0.29) is 29.0 Å². The number of halogens is 3. The number of hydrogen-bond donors (Lipinski definition) is 3. The van der Waals surface area contributed by atoms with E-state index in [4.69, 9.17) is 16.3 Å². The lowest BCUT2D eigenvalue weighted by Gasteiger charge is -2.34. The van der Waals surface area contributed by atoms with Gasteiger partial charge in [0, 0.05) is 32.7 Å². The monoisotopic (exact) mass is 514 g/mol. The third-order valence-electron chi connectivity index (χ3n) is 4.05. The van der Waals surface area contributed by atoms with Crippen LogP contribution in [-0.4, -0.2) is 67.5 Å². The van der Waals surface area contributed by atoms with Gasteiger partial charge in [0.15, 0.2) is 5.96 Å². The summed E-state index contributed by atoms with van der Waals surface area (Å²) in [5.74, 6) is 0.152. The Bertz CT molecular complexity index is 613. The van der Waals surface area contributed by atoms with E-state index in [2.05, 4.69) is 20.5 Å². The molecule has 0 saturated carbocycles. The first-order valence-electron chi connectivity index (χ1n) is 8.88. The average Bonchev–Trinajstić information content (AvgIpc) is 2.61. The van der Waals surface area contributed by atoms with Gasteiger partial charge in [0.2, 0.25) is 0 Å². The van der Waals surface area contributed by atoms with Crippen LogP contribution in [0, 0.1) is 5.82 Å². The molecule has 0 radical (unpaired) electrons. The number of rotatable bonds is 7. The van der Waals surface area contributed by atoms with Crippen molar-refractivity contribution in [1.29, 1.82) is 0 Å². The molecule has 1 unspecified atom stereocenters. The van der Waals surface area contributed by atoms with Gasteiger partial charge in [-0.2, -0.15) is 0 Å². The number of ether oxygens (including phenoxy) is 1. The Morgan fingerprint density at radius 1 is 1.37 bits per heavy atom. The lowest BCUT2D eigenvalue weighted by Crippen LogP contribution is -2.52. The fourth-order valence-corrected chi connectivity index (χ4v) is 2.92. The third-order valence-corrected chi connectivity index (χ3v) is 4.34. The zero-order valence-corrected chi connectivity index (χ0v) is 18.9. The second kappa shape index (κ2) is 12.0. The molecule has 1 fully saturated rings. The molecule has 1 aromatic carbocycles. The Morgan fingerprint density at radius 3 is 2.70 bits per heavy atom. The number of nitrogens with zero attached hydrogens (tertiary/aromatic N) is 2. The highest BCUT2D eigenvalue weighted by atomic mass is 127. The summed E-state index contributed by atoms with van der Waals surface area (Å²) in [5, 5.41) is 17.0. The fourth-order valence-electron chi connectivity index (χ4n) is 2.72. The Balaban J connectivity index is 0.00000364. The second-order valence-electron chi connectivity index (χ2n) is 6.68. The molecule has 27 heavy (non-hydrogen) atoms. The molecule has 0 spiro atoms. The van der Waals surface area contributed by atoms with E-state index < -0.39 is 11.4 Å². The standard InChI is InChI=1S/C18H28ClFN4O2.HI/c1-3-21-17(22-11-14-4-5-16(20)15(19)10-14)23-12-18(2,25)13-24-6-8-26-9-7-24;/h4-5,10,25H,3,6-9,11-13H2,1-2H3,(H2,21,22,23);1H. The number of benzene rings is 1. The molecule has 0 amide bonds. The quantitative estimate of drug-likeness (QED) is 0.296. The van der Waals surface area contributed by atoms with Crippen molar-refractivity contribution in [2.75, 3.05) is 45.9 Å². The molecule has 3 N–H and O–H groups in total. The predicted molar refractivity (Wildman–Crippen MR) is 118 cm³/mol. The van der Waals surface area contributed by atoms with Crippen molar-refractivity contribution in [3.05, 3.63) is 34.6 Å². The number of aliphatic imine (C=N–C) groups is 1. The molecule has 1 atom stereocenters. The molecule has 1 aromatic rings. The first kappa shape index (κ1) is 24.4. The summed E-state index contributed by atoms with van der Waals surface area (Å²) in [6.45, 7) is 8.82. The lowest BCUT2D eigenvalue weighted by atomic mass is 10.1. The maximum Gasteiger partial charge on any atom is 0.191 e. The number of morpholine rings is 1. The topological polar surface area (TPSA) is 69.1 Å². The van der Waals surface area contributed by atoms with Crippen molar-refractivity contribution in [2.24, 2.45) is 4.99 Å². The predicted octanol–water partition coefficient (Wildman–Crippen LogP) is 2.24. The van der Waals surface area contributed by atoms with Gasteiger partial charge in [-0.05, 0) is 31.5 Å². The van der Waals surface area contributed by atoms with Crippen molar-refractivity contribution in [3.63, 3.8) is 0 Å². The van der Waals surface area contributed by atoms with E-state index in [1.165, 1.54) is 6.07 Å². The van der Waals surface area contributed by atoms with Crippen molar-refractivity contribution >= 4 is 41.5 Å². The van der Waals surface area contributed by atoms with Crippen LogP contribution in [0.5, 0.6) is 0 Å². The minimum atomic E-state index is -0.896. The zero-order chi connectivity index (χ0) is 19.0. The highest BCUT2D eigenvalue weighted by Crippen LogP contribution is 2.16. The van der Waals surface area contributed by atoms with Crippen LogP contribution in [0.3, 0.4) is 0 Å². The molecule has 0 aliphatic carbocycles. The molecule has 1 aliphatic rings. The zero-order valence-electron chi connectivity index (χ0n) is 15.8. The molecule has 6 nitrogen and oxygen atoms in total. The minimum Gasteiger partial charge on any atom is -0.387 e. The van der Waals surface area contributed by atoms with Gasteiger partial charge in [0.1, 0.15) is 5.82 Å². The van der Waals surface area contributed by atoms with Crippen LogP contribution in [0.4, 0.5) is 4.39 Å². The van der Waals surface area contributed by atoms with Crippen LogP contribution >= 0.6 is 35.6 Å². The molecule has 1 heterocycles. The van der Waals surface area contributed by atoms with Gasteiger partial charge in [-0.15, -0.1) is 24.0 Å². The Hall–Kier alpha value is -0.680. The van der Waals surface area contributed by atoms with E-state index >= 15 is 0 Å². The smallest absolute Gasteiger partial charge is 0.191 e. The van der Waals surface area contributed by atoms with Gasteiger partial charge in [0.25, 0.3) is 0 Å². The molecule has 2 rings (SSSR count). The van der Waals surface area contributed by atoms with Crippen molar-refractivity contribution in [3.8, 4) is 0 Å².